The number of fused-ring (bicyclic) bond motifs is 3. The predicted octanol–water partition coefficient (Wildman–Crippen LogP) is 4.68. The minimum absolute atomic E-state index is 0.663. The molecule has 1 heterocycles. The summed E-state index contributed by atoms with van der Waals surface area (Å²) < 4.78 is 5.61. The zero-order chi connectivity index (χ0) is 12.5. The van der Waals surface area contributed by atoms with Gasteiger partial charge in [0.25, 0.3) is 0 Å². The molecule has 0 radical (unpaired) electrons. The number of ether oxygens (including phenoxy) is 1. The van der Waals surface area contributed by atoms with Gasteiger partial charge < -0.3 is 4.74 Å². The molecule has 18 heavy (non-hydrogen) atoms. The lowest BCUT2D eigenvalue weighted by molar-refractivity contribution is 0.234. The molecular weight excluding hydrogens is 220 g/mol. The van der Waals surface area contributed by atoms with E-state index in [0.717, 1.165) is 0 Å². The normalized spacial score (nSPS) is 13.6. The molecule has 3 rings (SSSR count). The Bertz CT molecular complexity index is 658. The second-order valence-electron chi connectivity index (χ2n) is 4.92. The summed E-state index contributed by atoms with van der Waals surface area (Å²) in [6, 6.07) is 12.9. The van der Waals surface area contributed by atoms with Gasteiger partial charge in [-0.3, -0.25) is 0 Å². The molecule has 0 unspecified atom stereocenters. The van der Waals surface area contributed by atoms with Crippen molar-refractivity contribution < 1.29 is 4.74 Å². The van der Waals surface area contributed by atoms with Crippen LogP contribution in [0, 0.1) is 0 Å². The van der Waals surface area contributed by atoms with E-state index in [1.807, 2.05) is 6.26 Å². The fraction of sp³-hybridized carbons (Fsp3) is 0.176. The molecule has 0 atom stereocenters. The fourth-order valence-electron chi connectivity index (χ4n) is 2.46. The van der Waals surface area contributed by atoms with Crippen molar-refractivity contribution in [3.05, 3.63) is 65.4 Å². The number of rotatable bonds is 1. The Kier molecular flexibility index (Phi) is 2.67. The Morgan fingerprint density at radius 3 is 2.78 bits per heavy atom. The van der Waals surface area contributed by atoms with Gasteiger partial charge in [0.15, 0.2) is 0 Å². The molecule has 1 aliphatic heterocycles. The van der Waals surface area contributed by atoms with E-state index in [4.69, 9.17) is 4.74 Å². The summed E-state index contributed by atoms with van der Waals surface area (Å²) in [7, 11) is 0. The van der Waals surface area contributed by atoms with Crippen molar-refractivity contribution in [2.45, 2.75) is 20.5 Å². The summed E-state index contributed by atoms with van der Waals surface area (Å²) in [5, 5.41) is 2.57. The second kappa shape index (κ2) is 4.34. The van der Waals surface area contributed by atoms with Crippen molar-refractivity contribution in [2.75, 3.05) is 0 Å². The quantitative estimate of drug-likeness (QED) is 0.698. The molecule has 2 aromatic rings. The Labute approximate surface area is 107 Å². The highest BCUT2D eigenvalue weighted by Crippen LogP contribution is 2.32. The lowest BCUT2D eigenvalue weighted by Crippen LogP contribution is -2.01. The van der Waals surface area contributed by atoms with Gasteiger partial charge in [-0.1, -0.05) is 48.0 Å². The molecule has 0 aromatic heterocycles. The number of hydrogen-bond donors (Lipinski definition) is 0. The SMILES string of the molecule is CC(C)=CC1=COCc2c1ccc1ccccc21. The van der Waals surface area contributed by atoms with E-state index in [-0.39, 0.29) is 0 Å². The van der Waals surface area contributed by atoms with Gasteiger partial charge >= 0.3 is 0 Å². The number of allylic oxidation sites excluding steroid dienone is 3. The maximum Gasteiger partial charge on any atom is 0.114 e. The summed E-state index contributed by atoms with van der Waals surface area (Å²) in [6.07, 6.45) is 4.04. The molecule has 1 nitrogen and oxygen atoms in total. The largest absolute Gasteiger partial charge is 0.496 e. The van der Waals surface area contributed by atoms with Crippen molar-refractivity contribution in [1.82, 2.24) is 0 Å². The fourth-order valence-corrected chi connectivity index (χ4v) is 2.46. The molecule has 0 saturated heterocycles. The van der Waals surface area contributed by atoms with E-state index in [1.165, 1.54) is 33.0 Å². The van der Waals surface area contributed by atoms with Crippen LogP contribution in [-0.2, 0) is 11.3 Å². The molecule has 0 saturated carbocycles. The molecule has 0 spiro atoms. The smallest absolute Gasteiger partial charge is 0.114 e. The van der Waals surface area contributed by atoms with E-state index in [0.29, 0.717) is 6.61 Å². The van der Waals surface area contributed by atoms with Crippen LogP contribution in [0.15, 0.2) is 54.3 Å². The van der Waals surface area contributed by atoms with Gasteiger partial charge in [-0.05, 0) is 30.2 Å². The first-order chi connectivity index (χ1) is 8.75. The maximum atomic E-state index is 5.61. The molecule has 0 bridgehead atoms. The topological polar surface area (TPSA) is 9.23 Å². The first-order valence-corrected chi connectivity index (χ1v) is 6.23. The average Bonchev–Trinajstić information content (AvgIpc) is 2.38. The number of hydrogen-bond acceptors (Lipinski definition) is 1. The summed E-state index contributed by atoms with van der Waals surface area (Å²) in [4.78, 5) is 0. The van der Waals surface area contributed by atoms with Crippen molar-refractivity contribution in [3.8, 4) is 0 Å². The molecule has 0 amide bonds. The van der Waals surface area contributed by atoms with E-state index >= 15 is 0 Å². The molecule has 2 aromatic carbocycles. The van der Waals surface area contributed by atoms with Gasteiger partial charge in [0.2, 0.25) is 0 Å². The average molecular weight is 236 g/mol. The summed E-state index contributed by atoms with van der Waals surface area (Å²) in [5.41, 5.74) is 5.04. The van der Waals surface area contributed by atoms with Crippen LogP contribution in [0.3, 0.4) is 0 Å². The van der Waals surface area contributed by atoms with Gasteiger partial charge in [-0.25, -0.2) is 0 Å². The summed E-state index contributed by atoms with van der Waals surface area (Å²) >= 11 is 0. The maximum absolute atomic E-state index is 5.61. The lowest BCUT2D eigenvalue weighted by Gasteiger charge is -2.18. The zero-order valence-electron chi connectivity index (χ0n) is 10.7. The minimum atomic E-state index is 0.663. The van der Waals surface area contributed by atoms with Crippen LogP contribution in [0.2, 0.25) is 0 Å². The van der Waals surface area contributed by atoms with Gasteiger partial charge in [0, 0.05) is 11.1 Å². The molecule has 0 fully saturated rings. The number of benzene rings is 2. The first kappa shape index (κ1) is 11.1. The lowest BCUT2D eigenvalue weighted by atomic mass is 9.93. The van der Waals surface area contributed by atoms with Crippen LogP contribution in [0.25, 0.3) is 16.3 Å². The van der Waals surface area contributed by atoms with Gasteiger partial charge in [-0.15, -0.1) is 0 Å². The van der Waals surface area contributed by atoms with Crippen LogP contribution in [0.4, 0.5) is 0 Å². The monoisotopic (exact) mass is 236 g/mol. The standard InChI is InChI=1S/C17H16O/c1-12(2)9-14-10-18-11-17-15-6-4-3-5-13(15)7-8-16(14)17/h3-10H,11H2,1-2H3. The van der Waals surface area contributed by atoms with Crippen molar-refractivity contribution in [2.24, 2.45) is 0 Å². The molecular formula is C17H16O. The van der Waals surface area contributed by atoms with E-state index in [9.17, 15) is 0 Å². The van der Waals surface area contributed by atoms with Crippen LogP contribution in [0.1, 0.15) is 25.0 Å². The van der Waals surface area contributed by atoms with Crippen LogP contribution in [0.5, 0.6) is 0 Å². The van der Waals surface area contributed by atoms with Gasteiger partial charge in [0.1, 0.15) is 6.61 Å². The molecule has 1 heteroatoms. The Morgan fingerprint density at radius 2 is 1.94 bits per heavy atom. The van der Waals surface area contributed by atoms with Crippen molar-refractivity contribution >= 4 is 16.3 Å². The molecule has 1 aliphatic rings. The predicted molar refractivity (Wildman–Crippen MR) is 76.1 cm³/mol. The van der Waals surface area contributed by atoms with E-state index in [1.54, 1.807) is 0 Å². The Hall–Kier alpha value is -2.02. The Balaban J connectivity index is 2.25. The highest BCUT2D eigenvalue weighted by Gasteiger charge is 2.14. The Morgan fingerprint density at radius 1 is 1.11 bits per heavy atom. The third-order valence-corrected chi connectivity index (χ3v) is 3.23. The van der Waals surface area contributed by atoms with Crippen LogP contribution < -0.4 is 0 Å². The third-order valence-electron chi connectivity index (χ3n) is 3.23. The molecule has 90 valence electrons. The van der Waals surface area contributed by atoms with E-state index in [2.05, 4.69) is 56.3 Å². The third kappa shape index (κ3) is 1.82. The van der Waals surface area contributed by atoms with Crippen LogP contribution in [-0.4, -0.2) is 0 Å². The van der Waals surface area contributed by atoms with Crippen molar-refractivity contribution in [1.29, 1.82) is 0 Å². The summed E-state index contributed by atoms with van der Waals surface area (Å²) in [6.45, 7) is 4.88. The minimum Gasteiger partial charge on any atom is -0.496 e. The van der Waals surface area contributed by atoms with E-state index < -0.39 is 0 Å². The van der Waals surface area contributed by atoms with Crippen molar-refractivity contribution in [3.63, 3.8) is 0 Å². The first-order valence-electron chi connectivity index (χ1n) is 6.23. The molecule has 0 aliphatic carbocycles. The highest BCUT2D eigenvalue weighted by atomic mass is 16.5. The highest BCUT2D eigenvalue weighted by molar-refractivity contribution is 5.92. The summed E-state index contributed by atoms with van der Waals surface area (Å²) in [5.74, 6) is 0. The second-order valence-corrected chi connectivity index (χ2v) is 4.92. The van der Waals surface area contributed by atoms with Gasteiger partial charge in [0.05, 0.1) is 6.26 Å². The van der Waals surface area contributed by atoms with Gasteiger partial charge in [-0.2, -0.15) is 0 Å². The zero-order valence-corrected chi connectivity index (χ0v) is 10.7. The van der Waals surface area contributed by atoms with Crippen LogP contribution >= 0.6 is 0 Å². The molecule has 0 N–H and O–H groups in total.